The average Bonchev–Trinajstić information content (AvgIpc) is 3.03. The predicted molar refractivity (Wildman–Crippen MR) is 168 cm³/mol. The highest BCUT2D eigenvalue weighted by molar-refractivity contribution is 7.84. The molecule has 0 N–H and O–H groups in total. The number of hydrogen-bond acceptors (Lipinski definition) is 8. The van der Waals surface area contributed by atoms with E-state index in [1.54, 1.807) is 11.2 Å². The fourth-order valence-corrected chi connectivity index (χ4v) is 6.63. The number of anilines is 2. The van der Waals surface area contributed by atoms with E-state index in [1.807, 2.05) is 48.5 Å². The summed E-state index contributed by atoms with van der Waals surface area (Å²) in [5.74, 6) is 0.728. The fraction of sp³-hybridized carbons (Fsp3) is 0.312. The Balaban J connectivity index is 1.26. The van der Waals surface area contributed by atoms with Gasteiger partial charge >= 0.3 is 6.09 Å². The molecule has 2 atom stereocenters. The lowest BCUT2D eigenvalue weighted by molar-refractivity contribution is 0.0767. The zero-order valence-corrected chi connectivity index (χ0v) is 25.4. The number of piperazine rings is 1. The van der Waals surface area contributed by atoms with E-state index in [-0.39, 0.29) is 24.2 Å². The van der Waals surface area contributed by atoms with E-state index in [4.69, 9.17) is 26.3 Å². The van der Waals surface area contributed by atoms with Crippen molar-refractivity contribution in [2.24, 2.45) is 0 Å². The average molecular weight is 615 g/mol. The summed E-state index contributed by atoms with van der Waals surface area (Å²) in [4.78, 5) is 28.6. The lowest BCUT2D eigenvalue weighted by Crippen LogP contribution is -2.56. The fourth-order valence-electron chi connectivity index (χ4n) is 5.89. The van der Waals surface area contributed by atoms with E-state index in [2.05, 4.69) is 34.1 Å². The second-order valence-electron chi connectivity index (χ2n) is 10.7. The van der Waals surface area contributed by atoms with Crippen LogP contribution in [0.2, 0.25) is 5.02 Å². The van der Waals surface area contributed by atoms with Crippen molar-refractivity contribution < 1.29 is 13.7 Å². The molecule has 11 heteroatoms. The van der Waals surface area contributed by atoms with Crippen LogP contribution in [-0.4, -0.2) is 63.6 Å². The van der Waals surface area contributed by atoms with Crippen LogP contribution in [0.3, 0.4) is 0 Å². The van der Waals surface area contributed by atoms with Crippen molar-refractivity contribution in [3.8, 4) is 6.07 Å². The Morgan fingerprint density at radius 1 is 1.05 bits per heavy atom. The number of amides is 1. The second-order valence-corrected chi connectivity index (χ2v) is 12.4. The molecule has 0 bridgehead atoms. The molecule has 6 rings (SSSR count). The first-order chi connectivity index (χ1) is 20.9. The Kier molecular flexibility index (Phi) is 8.45. The summed E-state index contributed by atoms with van der Waals surface area (Å²) < 4.78 is 18.3. The minimum Gasteiger partial charge on any atom is -0.445 e. The molecule has 0 aliphatic carbocycles. The summed E-state index contributed by atoms with van der Waals surface area (Å²) in [7, 11) is -1.40. The molecule has 4 aromatic rings. The zero-order valence-electron chi connectivity index (χ0n) is 23.8. The van der Waals surface area contributed by atoms with E-state index < -0.39 is 16.9 Å². The molecule has 220 valence electrons. The van der Waals surface area contributed by atoms with Crippen molar-refractivity contribution in [3.63, 3.8) is 0 Å². The molecule has 43 heavy (non-hydrogen) atoms. The number of halogens is 1. The first kappa shape index (κ1) is 28.9. The number of nitriles is 1. The van der Waals surface area contributed by atoms with Gasteiger partial charge in [0, 0.05) is 49.1 Å². The summed E-state index contributed by atoms with van der Waals surface area (Å²) in [6, 6.07) is 23.4. The first-order valence-electron chi connectivity index (χ1n) is 14.2. The molecule has 3 aromatic carbocycles. The van der Waals surface area contributed by atoms with Crippen molar-refractivity contribution in [1.29, 1.82) is 5.26 Å². The lowest BCUT2D eigenvalue weighted by atomic mass is 10.0. The number of carbonyl (C=O) groups excluding carboxylic acids is 1. The summed E-state index contributed by atoms with van der Waals surface area (Å²) in [6.45, 7) is 2.72. The predicted octanol–water partition coefficient (Wildman–Crippen LogP) is 5.32. The van der Waals surface area contributed by atoms with Gasteiger partial charge in [0.1, 0.15) is 12.4 Å². The van der Waals surface area contributed by atoms with Gasteiger partial charge in [0.15, 0.2) is 0 Å². The molecule has 1 fully saturated rings. The van der Waals surface area contributed by atoms with Gasteiger partial charge in [0.25, 0.3) is 0 Å². The number of ether oxygens (including phenoxy) is 1. The number of rotatable bonds is 6. The number of nitrogens with zero attached hydrogens (tertiary/aromatic N) is 6. The van der Waals surface area contributed by atoms with Crippen LogP contribution in [0.25, 0.3) is 10.8 Å². The molecule has 0 spiro atoms. The third-order valence-corrected chi connectivity index (χ3v) is 9.01. The minimum atomic E-state index is -1.40. The van der Waals surface area contributed by atoms with E-state index in [9.17, 15) is 14.3 Å². The topological polar surface area (TPSA) is 103 Å². The highest BCUT2D eigenvalue weighted by Crippen LogP contribution is 2.37. The standard InChI is InChI=1S/C32H31ClN6O3S/c1-43(41)31-35-27-20-37(28-12-6-10-23-9-5-11-26(33)29(23)28)16-14-25(27)30(36-31)38-17-18-39(24(19-38)13-15-34)32(40)42-21-22-7-3-2-4-8-22/h2-12,24H,13-14,16-21H2,1H3/t24-,43?/m0/s1. The van der Waals surface area contributed by atoms with Crippen LogP contribution in [0.5, 0.6) is 0 Å². The second kappa shape index (κ2) is 12.6. The molecule has 9 nitrogen and oxygen atoms in total. The van der Waals surface area contributed by atoms with Gasteiger partial charge < -0.3 is 19.4 Å². The Morgan fingerprint density at radius 2 is 1.84 bits per heavy atom. The summed E-state index contributed by atoms with van der Waals surface area (Å²) >= 11 is 6.64. The molecule has 2 aliphatic rings. The first-order valence-corrected chi connectivity index (χ1v) is 16.1. The molecule has 1 aromatic heterocycles. The molecule has 0 saturated carbocycles. The zero-order chi connectivity index (χ0) is 29.9. The Morgan fingerprint density at radius 3 is 2.60 bits per heavy atom. The van der Waals surface area contributed by atoms with Crippen LogP contribution in [0.15, 0.2) is 71.9 Å². The number of benzene rings is 3. The Labute approximate surface area is 258 Å². The quantitative estimate of drug-likeness (QED) is 0.269. The molecule has 1 unspecified atom stereocenters. The van der Waals surface area contributed by atoms with Crippen molar-refractivity contribution in [2.75, 3.05) is 42.2 Å². The highest BCUT2D eigenvalue weighted by Gasteiger charge is 2.35. The van der Waals surface area contributed by atoms with Gasteiger partial charge in [0.05, 0.1) is 46.6 Å². The lowest BCUT2D eigenvalue weighted by Gasteiger charge is -2.42. The summed E-state index contributed by atoms with van der Waals surface area (Å²) in [5, 5.41) is 12.6. The van der Waals surface area contributed by atoms with E-state index in [0.29, 0.717) is 37.6 Å². The Bertz CT molecular complexity index is 1720. The van der Waals surface area contributed by atoms with Crippen LogP contribution < -0.4 is 9.80 Å². The van der Waals surface area contributed by atoms with Crippen molar-refractivity contribution in [1.82, 2.24) is 14.9 Å². The van der Waals surface area contributed by atoms with Gasteiger partial charge in [-0.3, -0.25) is 4.21 Å². The van der Waals surface area contributed by atoms with E-state index in [0.717, 1.165) is 45.6 Å². The van der Waals surface area contributed by atoms with Crippen molar-refractivity contribution in [2.45, 2.75) is 37.2 Å². The maximum Gasteiger partial charge on any atom is 0.410 e. The SMILES string of the molecule is CS(=O)c1nc2c(c(N3CCN(C(=O)OCc4ccccc4)[C@@H](CC#N)C3)n1)CCN(c1cccc3cccc(Cl)c13)C2. The molecule has 1 amide bonds. The maximum atomic E-state index is 13.1. The van der Waals surface area contributed by atoms with Crippen LogP contribution >= 0.6 is 11.6 Å². The maximum absolute atomic E-state index is 13.1. The monoisotopic (exact) mass is 614 g/mol. The largest absolute Gasteiger partial charge is 0.445 e. The van der Waals surface area contributed by atoms with Gasteiger partial charge in [-0.1, -0.05) is 66.2 Å². The third-order valence-electron chi connectivity index (χ3n) is 8.00. The van der Waals surface area contributed by atoms with Gasteiger partial charge in [-0.2, -0.15) is 5.26 Å². The summed E-state index contributed by atoms with van der Waals surface area (Å²) in [6.07, 6.45) is 1.99. The van der Waals surface area contributed by atoms with Gasteiger partial charge in [-0.05, 0) is 29.5 Å². The van der Waals surface area contributed by atoms with Crippen molar-refractivity contribution >= 4 is 50.8 Å². The number of fused-ring (bicyclic) bond motifs is 2. The molecule has 1 saturated heterocycles. The van der Waals surface area contributed by atoms with E-state index in [1.165, 1.54) is 0 Å². The molecule has 2 aliphatic heterocycles. The number of hydrogen-bond donors (Lipinski definition) is 0. The number of aromatic nitrogens is 2. The van der Waals surface area contributed by atoms with E-state index >= 15 is 0 Å². The van der Waals surface area contributed by atoms with Crippen LogP contribution in [-0.2, 0) is 35.1 Å². The molecule has 0 radical (unpaired) electrons. The van der Waals surface area contributed by atoms with Gasteiger partial charge in [-0.15, -0.1) is 0 Å². The molecule has 3 heterocycles. The van der Waals surface area contributed by atoms with Crippen molar-refractivity contribution in [3.05, 3.63) is 88.6 Å². The minimum absolute atomic E-state index is 0.159. The Hall–Kier alpha value is -4.20. The third kappa shape index (κ3) is 6.01. The van der Waals surface area contributed by atoms with Gasteiger partial charge in [0.2, 0.25) is 5.16 Å². The summed E-state index contributed by atoms with van der Waals surface area (Å²) in [5.41, 5.74) is 3.77. The highest BCUT2D eigenvalue weighted by atomic mass is 35.5. The van der Waals surface area contributed by atoms with Crippen LogP contribution in [0, 0.1) is 11.3 Å². The smallest absolute Gasteiger partial charge is 0.410 e. The van der Waals surface area contributed by atoms with Gasteiger partial charge in [-0.25, -0.2) is 14.8 Å². The van der Waals surface area contributed by atoms with Crippen LogP contribution in [0.4, 0.5) is 16.3 Å². The molecular weight excluding hydrogens is 584 g/mol. The molecular formula is C32H31ClN6O3S. The van der Waals surface area contributed by atoms with Crippen LogP contribution in [0.1, 0.15) is 23.2 Å². The number of carbonyl (C=O) groups is 1. The normalized spacial score (nSPS) is 17.3.